The first-order chi connectivity index (χ1) is 8.86. The van der Waals surface area contributed by atoms with Gasteiger partial charge >= 0.3 is 6.18 Å². The van der Waals surface area contributed by atoms with Gasteiger partial charge in [-0.25, -0.2) is 9.97 Å². The molecule has 0 aliphatic rings. The van der Waals surface area contributed by atoms with Gasteiger partial charge in [0.1, 0.15) is 10.8 Å². The van der Waals surface area contributed by atoms with Gasteiger partial charge < -0.3 is 5.32 Å². The summed E-state index contributed by atoms with van der Waals surface area (Å²) in [5.74, 6) is 0.397. The average molecular weight is 287 g/mol. The van der Waals surface area contributed by atoms with Crippen LogP contribution in [-0.2, 0) is 6.18 Å². The van der Waals surface area contributed by atoms with Gasteiger partial charge in [0.15, 0.2) is 0 Å². The van der Waals surface area contributed by atoms with E-state index in [1.54, 1.807) is 0 Å². The highest BCUT2D eigenvalue weighted by atomic mass is 32.1. The van der Waals surface area contributed by atoms with Crippen molar-refractivity contribution in [1.29, 1.82) is 0 Å². The predicted octanol–water partition coefficient (Wildman–Crippen LogP) is 4.04. The summed E-state index contributed by atoms with van der Waals surface area (Å²) >= 11 is 1.50. The van der Waals surface area contributed by atoms with Crippen LogP contribution in [0.3, 0.4) is 0 Å². The Hall–Kier alpha value is -1.63. The van der Waals surface area contributed by atoms with E-state index in [-0.39, 0.29) is 6.04 Å². The van der Waals surface area contributed by atoms with Crippen LogP contribution in [0.4, 0.5) is 19.0 Å². The molecule has 19 heavy (non-hydrogen) atoms. The standard InChI is InChI=1S/C12H12F3N3S/c1-7-6-19-11(17-7)8(2)18-10-4-3-9(5-16-10)12(13,14)15/h3-6,8H,1-2H3,(H,16,18). The minimum Gasteiger partial charge on any atom is -0.361 e. The molecule has 1 unspecified atom stereocenters. The van der Waals surface area contributed by atoms with Gasteiger partial charge in [-0.3, -0.25) is 0 Å². The molecule has 0 aliphatic heterocycles. The Morgan fingerprint density at radius 1 is 1.32 bits per heavy atom. The minimum atomic E-state index is -4.36. The average Bonchev–Trinajstić information content (AvgIpc) is 2.75. The lowest BCUT2D eigenvalue weighted by Crippen LogP contribution is -2.09. The summed E-state index contributed by atoms with van der Waals surface area (Å²) in [6, 6.07) is 2.23. The zero-order valence-corrected chi connectivity index (χ0v) is 11.1. The number of halogens is 3. The summed E-state index contributed by atoms with van der Waals surface area (Å²) in [6.45, 7) is 3.78. The molecule has 0 bridgehead atoms. The van der Waals surface area contributed by atoms with E-state index >= 15 is 0 Å². The Labute approximate surface area is 112 Å². The molecule has 7 heteroatoms. The second kappa shape index (κ2) is 5.16. The number of rotatable bonds is 3. The summed E-state index contributed by atoms with van der Waals surface area (Å²) in [7, 11) is 0. The largest absolute Gasteiger partial charge is 0.417 e. The summed E-state index contributed by atoms with van der Waals surface area (Å²) in [5.41, 5.74) is 0.171. The van der Waals surface area contributed by atoms with Crippen molar-refractivity contribution in [2.24, 2.45) is 0 Å². The van der Waals surface area contributed by atoms with E-state index in [1.807, 2.05) is 19.2 Å². The van der Waals surface area contributed by atoms with Crippen molar-refractivity contribution in [3.8, 4) is 0 Å². The SMILES string of the molecule is Cc1csc(C(C)Nc2ccc(C(F)(F)F)cn2)n1. The molecule has 102 valence electrons. The minimum absolute atomic E-state index is 0.0945. The molecule has 2 heterocycles. The number of thiazole rings is 1. The van der Waals surface area contributed by atoms with Crippen LogP contribution < -0.4 is 5.32 Å². The zero-order chi connectivity index (χ0) is 14.0. The first-order valence-electron chi connectivity index (χ1n) is 5.58. The Morgan fingerprint density at radius 2 is 2.05 bits per heavy atom. The molecule has 0 saturated carbocycles. The molecule has 1 atom stereocenters. The van der Waals surface area contributed by atoms with Gasteiger partial charge in [0.2, 0.25) is 0 Å². The molecule has 0 spiro atoms. The molecule has 0 fully saturated rings. The molecule has 0 aliphatic carbocycles. The Morgan fingerprint density at radius 3 is 2.53 bits per heavy atom. The third kappa shape index (κ3) is 3.44. The maximum atomic E-state index is 12.4. The number of nitrogens with zero attached hydrogens (tertiary/aromatic N) is 2. The summed E-state index contributed by atoms with van der Waals surface area (Å²) in [4.78, 5) is 8.07. The third-order valence-corrected chi connectivity index (χ3v) is 3.61. The van der Waals surface area contributed by atoms with Crippen molar-refractivity contribution in [1.82, 2.24) is 9.97 Å². The molecule has 2 aromatic heterocycles. The highest BCUT2D eigenvalue weighted by molar-refractivity contribution is 7.09. The number of nitrogens with one attached hydrogen (secondary N) is 1. The van der Waals surface area contributed by atoms with Gasteiger partial charge in [-0.05, 0) is 26.0 Å². The van der Waals surface area contributed by atoms with Gasteiger partial charge in [0.25, 0.3) is 0 Å². The van der Waals surface area contributed by atoms with E-state index in [2.05, 4.69) is 15.3 Å². The highest BCUT2D eigenvalue weighted by Gasteiger charge is 2.30. The Kier molecular flexibility index (Phi) is 3.75. The van der Waals surface area contributed by atoms with E-state index in [4.69, 9.17) is 0 Å². The number of anilines is 1. The Balaban J connectivity index is 2.07. The second-order valence-corrected chi connectivity index (χ2v) is 5.01. The van der Waals surface area contributed by atoms with Crippen molar-refractivity contribution in [2.45, 2.75) is 26.1 Å². The van der Waals surface area contributed by atoms with Crippen LogP contribution in [0.15, 0.2) is 23.7 Å². The van der Waals surface area contributed by atoms with Gasteiger partial charge in [0, 0.05) is 17.3 Å². The lowest BCUT2D eigenvalue weighted by atomic mass is 10.2. The van der Waals surface area contributed by atoms with Gasteiger partial charge in [-0.15, -0.1) is 11.3 Å². The molecule has 0 saturated heterocycles. The van der Waals surface area contributed by atoms with Crippen LogP contribution in [0.1, 0.15) is 29.2 Å². The maximum absolute atomic E-state index is 12.4. The molecular weight excluding hydrogens is 275 g/mol. The molecule has 2 aromatic rings. The quantitative estimate of drug-likeness (QED) is 0.925. The second-order valence-electron chi connectivity index (χ2n) is 4.12. The van der Waals surface area contributed by atoms with Crippen LogP contribution in [0.5, 0.6) is 0 Å². The maximum Gasteiger partial charge on any atom is 0.417 e. The smallest absolute Gasteiger partial charge is 0.361 e. The number of hydrogen-bond acceptors (Lipinski definition) is 4. The van der Waals surface area contributed by atoms with E-state index in [1.165, 1.54) is 17.4 Å². The lowest BCUT2D eigenvalue weighted by Gasteiger charge is -2.12. The van der Waals surface area contributed by atoms with Crippen LogP contribution in [0.25, 0.3) is 0 Å². The topological polar surface area (TPSA) is 37.8 Å². The van der Waals surface area contributed by atoms with Gasteiger partial charge in [-0.1, -0.05) is 0 Å². The Bertz CT molecular complexity index is 548. The van der Waals surface area contributed by atoms with Crippen LogP contribution in [-0.4, -0.2) is 9.97 Å². The number of alkyl halides is 3. The molecular formula is C12H12F3N3S. The van der Waals surface area contributed by atoms with Crippen molar-refractivity contribution >= 4 is 17.2 Å². The fourth-order valence-corrected chi connectivity index (χ4v) is 2.31. The first kappa shape index (κ1) is 13.8. The van der Waals surface area contributed by atoms with Crippen LogP contribution in [0, 0.1) is 6.92 Å². The number of aromatic nitrogens is 2. The van der Waals surface area contributed by atoms with Crippen LogP contribution in [0.2, 0.25) is 0 Å². The number of hydrogen-bond donors (Lipinski definition) is 1. The third-order valence-electron chi connectivity index (χ3n) is 2.46. The van der Waals surface area contributed by atoms with E-state index in [9.17, 15) is 13.2 Å². The molecule has 0 radical (unpaired) electrons. The summed E-state index contributed by atoms with van der Waals surface area (Å²) in [6.07, 6.45) is -3.54. The molecule has 2 rings (SSSR count). The van der Waals surface area contributed by atoms with E-state index < -0.39 is 11.7 Å². The predicted molar refractivity (Wildman–Crippen MR) is 68.1 cm³/mol. The number of pyridine rings is 1. The van der Waals surface area contributed by atoms with Crippen molar-refractivity contribution in [2.75, 3.05) is 5.32 Å². The van der Waals surface area contributed by atoms with Crippen molar-refractivity contribution < 1.29 is 13.2 Å². The summed E-state index contributed by atoms with van der Waals surface area (Å²) < 4.78 is 37.1. The zero-order valence-electron chi connectivity index (χ0n) is 10.3. The van der Waals surface area contributed by atoms with E-state index in [0.29, 0.717) is 5.82 Å². The van der Waals surface area contributed by atoms with Gasteiger partial charge in [-0.2, -0.15) is 13.2 Å². The normalized spacial score (nSPS) is 13.3. The molecule has 1 N–H and O–H groups in total. The van der Waals surface area contributed by atoms with E-state index in [0.717, 1.165) is 23.0 Å². The first-order valence-corrected chi connectivity index (χ1v) is 6.46. The molecule has 0 amide bonds. The molecule has 3 nitrogen and oxygen atoms in total. The fourth-order valence-electron chi connectivity index (χ4n) is 1.50. The van der Waals surface area contributed by atoms with Gasteiger partial charge in [0.05, 0.1) is 11.6 Å². The summed E-state index contributed by atoms with van der Waals surface area (Å²) in [5, 5.41) is 5.82. The van der Waals surface area contributed by atoms with Crippen molar-refractivity contribution in [3.05, 3.63) is 40.0 Å². The lowest BCUT2D eigenvalue weighted by molar-refractivity contribution is -0.137. The fraction of sp³-hybridized carbons (Fsp3) is 0.333. The van der Waals surface area contributed by atoms with Crippen molar-refractivity contribution in [3.63, 3.8) is 0 Å². The molecule has 0 aromatic carbocycles. The number of aryl methyl sites for hydroxylation is 1. The van der Waals surface area contributed by atoms with Crippen LogP contribution >= 0.6 is 11.3 Å². The highest BCUT2D eigenvalue weighted by Crippen LogP contribution is 2.29. The monoisotopic (exact) mass is 287 g/mol.